The lowest BCUT2D eigenvalue weighted by atomic mass is 9.93. The van der Waals surface area contributed by atoms with Crippen molar-refractivity contribution >= 4 is 54.6 Å². The van der Waals surface area contributed by atoms with Gasteiger partial charge >= 0.3 is 0 Å². The molecule has 224 valence electrons. The second-order valence-corrected chi connectivity index (χ2v) is 12.1. The summed E-state index contributed by atoms with van der Waals surface area (Å²) < 4.78 is 12.8. The number of furan rings is 2. The number of benzene rings is 7. The molecule has 0 atom stereocenters. The van der Waals surface area contributed by atoms with Crippen molar-refractivity contribution < 1.29 is 8.83 Å². The minimum Gasteiger partial charge on any atom is -0.456 e. The third-order valence-corrected chi connectivity index (χ3v) is 9.33. The van der Waals surface area contributed by atoms with E-state index in [1.165, 1.54) is 10.8 Å². The van der Waals surface area contributed by atoms with Crippen molar-refractivity contribution in [1.82, 2.24) is 9.97 Å². The van der Waals surface area contributed by atoms with E-state index in [0.717, 1.165) is 83.1 Å². The molecule has 7 aromatic carbocycles. The van der Waals surface area contributed by atoms with Crippen LogP contribution < -0.4 is 0 Å². The molecule has 4 heteroatoms. The van der Waals surface area contributed by atoms with Crippen LogP contribution in [0.5, 0.6) is 0 Å². The highest BCUT2D eigenvalue weighted by molar-refractivity contribution is 6.10. The van der Waals surface area contributed by atoms with Gasteiger partial charge in [0.05, 0.1) is 11.4 Å². The molecule has 0 N–H and O–H groups in total. The summed E-state index contributed by atoms with van der Waals surface area (Å²) in [6.45, 7) is 0. The zero-order valence-corrected chi connectivity index (χ0v) is 25.7. The van der Waals surface area contributed by atoms with Crippen LogP contribution in [0.2, 0.25) is 0 Å². The van der Waals surface area contributed by atoms with Gasteiger partial charge in [-0.15, -0.1) is 0 Å². The van der Waals surface area contributed by atoms with E-state index in [2.05, 4.69) is 121 Å². The van der Waals surface area contributed by atoms with Crippen molar-refractivity contribution in [2.24, 2.45) is 0 Å². The molecule has 3 aromatic heterocycles. The zero-order valence-electron chi connectivity index (χ0n) is 25.7. The lowest BCUT2D eigenvalue weighted by Crippen LogP contribution is -1.97. The van der Waals surface area contributed by atoms with Gasteiger partial charge in [0, 0.05) is 38.2 Å². The molecule has 0 bridgehead atoms. The Bertz CT molecular complexity index is 2850. The summed E-state index contributed by atoms with van der Waals surface area (Å²) >= 11 is 0. The number of fused-ring (bicyclic) bond motifs is 7. The number of hydrogen-bond acceptors (Lipinski definition) is 4. The van der Waals surface area contributed by atoms with Gasteiger partial charge in [-0.1, -0.05) is 121 Å². The molecular formula is C44H26N2O2. The van der Waals surface area contributed by atoms with Gasteiger partial charge in [-0.05, 0) is 58.3 Å². The first-order valence-electron chi connectivity index (χ1n) is 16.1. The molecule has 3 heterocycles. The fourth-order valence-corrected chi connectivity index (χ4v) is 7.07. The maximum absolute atomic E-state index is 6.49. The highest BCUT2D eigenvalue weighted by Gasteiger charge is 2.19. The SMILES string of the molecule is c1ccc(-c2cccc3ccccc23)c(-c2cc(-c3cccc4c3oc3ccccc34)nc(-c3ccc4c(c3)oc3ccccc34)n2)c1. The van der Waals surface area contributed by atoms with Gasteiger partial charge in [-0.25, -0.2) is 9.97 Å². The number of para-hydroxylation sites is 3. The Kier molecular flexibility index (Phi) is 5.84. The third kappa shape index (κ3) is 4.16. The Hall–Kier alpha value is -6.52. The molecule has 0 aliphatic heterocycles. The maximum Gasteiger partial charge on any atom is 0.160 e. The summed E-state index contributed by atoms with van der Waals surface area (Å²) in [7, 11) is 0. The molecule has 0 fully saturated rings. The van der Waals surface area contributed by atoms with Crippen LogP contribution in [0.1, 0.15) is 0 Å². The molecule has 0 radical (unpaired) electrons. The van der Waals surface area contributed by atoms with Crippen molar-refractivity contribution in [3.05, 3.63) is 158 Å². The highest BCUT2D eigenvalue weighted by atomic mass is 16.3. The quantitative estimate of drug-likeness (QED) is 0.198. The van der Waals surface area contributed by atoms with Crippen LogP contribution in [0.4, 0.5) is 0 Å². The fraction of sp³-hybridized carbons (Fsp3) is 0. The zero-order chi connectivity index (χ0) is 31.6. The first-order chi connectivity index (χ1) is 23.8. The first kappa shape index (κ1) is 26.7. The minimum absolute atomic E-state index is 0.616. The molecule has 0 unspecified atom stereocenters. The van der Waals surface area contributed by atoms with Gasteiger partial charge < -0.3 is 8.83 Å². The number of hydrogen-bond donors (Lipinski definition) is 0. The van der Waals surface area contributed by atoms with E-state index in [9.17, 15) is 0 Å². The van der Waals surface area contributed by atoms with Crippen LogP contribution in [-0.4, -0.2) is 9.97 Å². The second-order valence-electron chi connectivity index (χ2n) is 12.1. The molecule has 10 rings (SSSR count). The van der Waals surface area contributed by atoms with Crippen molar-refractivity contribution in [3.8, 4) is 45.0 Å². The van der Waals surface area contributed by atoms with Gasteiger partial charge in [0.15, 0.2) is 5.82 Å². The standard InChI is InChI=1S/C44H26N2O2/c1-2-13-29-27(11-1)12-9-18-30(29)31-14-3-4-15-32(31)38-26-39(37-20-10-19-36-34-17-6-8-22-41(34)48-43(36)37)46-44(45-38)28-23-24-35-33-16-5-7-21-40(33)47-42(35)25-28/h1-26H. The summed E-state index contributed by atoms with van der Waals surface area (Å²) in [5.74, 6) is 0.616. The summed E-state index contributed by atoms with van der Waals surface area (Å²) in [5, 5.41) is 6.70. The topological polar surface area (TPSA) is 52.1 Å². The van der Waals surface area contributed by atoms with E-state index >= 15 is 0 Å². The highest BCUT2D eigenvalue weighted by Crippen LogP contribution is 2.40. The predicted octanol–water partition coefficient (Wildman–Crippen LogP) is 12.1. The number of rotatable bonds is 4. The van der Waals surface area contributed by atoms with E-state index in [1.54, 1.807) is 0 Å². The molecule has 48 heavy (non-hydrogen) atoms. The normalized spacial score (nSPS) is 11.8. The van der Waals surface area contributed by atoms with E-state index in [0.29, 0.717) is 5.82 Å². The van der Waals surface area contributed by atoms with Crippen LogP contribution in [0, 0.1) is 0 Å². The van der Waals surface area contributed by atoms with Gasteiger partial charge in [-0.3, -0.25) is 0 Å². The Morgan fingerprint density at radius 2 is 0.917 bits per heavy atom. The average Bonchev–Trinajstić information content (AvgIpc) is 3.72. The smallest absolute Gasteiger partial charge is 0.160 e. The molecule has 10 aromatic rings. The van der Waals surface area contributed by atoms with E-state index in [-0.39, 0.29) is 0 Å². The maximum atomic E-state index is 6.49. The Morgan fingerprint density at radius 1 is 0.354 bits per heavy atom. The van der Waals surface area contributed by atoms with Crippen molar-refractivity contribution in [1.29, 1.82) is 0 Å². The van der Waals surface area contributed by atoms with Gasteiger partial charge in [0.1, 0.15) is 22.3 Å². The van der Waals surface area contributed by atoms with Crippen molar-refractivity contribution in [2.45, 2.75) is 0 Å². The molecule has 0 spiro atoms. The Balaban J connectivity index is 1.24. The lowest BCUT2D eigenvalue weighted by Gasteiger charge is -2.14. The lowest BCUT2D eigenvalue weighted by molar-refractivity contribution is 0.668. The van der Waals surface area contributed by atoms with E-state index in [1.807, 2.05) is 36.4 Å². The molecule has 0 saturated heterocycles. The van der Waals surface area contributed by atoms with E-state index in [4.69, 9.17) is 18.8 Å². The molecule has 0 aliphatic rings. The molecule has 0 amide bonds. The van der Waals surface area contributed by atoms with Gasteiger partial charge in [0.2, 0.25) is 0 Å². The Labute approximate surface area is 275 Å². The summed E-state index contributed by atoms with van der Waals surface area (Å²) in [6, 6.07) is 54.4. The van der Waals surface area contributed by atoms with Crippen molar-refractivity contribution in [2.75, 3.05) is 0 Å². The minimum atomic E-state index is 0.616. The number of aromatic nitrogens is 2. The Morgan fingerprint density at radius 3 is 1.77 bits per heavy atom. The van der Waals surface area contributed by atoms with Crippen LogP contribution in [-0.2, 0) is 0 Å². The average molecular weight is 615 g/mol. The fourth-order valence-electron chi connectivity index (χ4n) is 7.07. The number of nitrogens with zero attached hydrogens (tertiary/aromatic N) is 2. The molecule has 0 aliphatic carbocycles. The molecule has 4 nitrogen and oxygen atoms in total. The monoisotopic (exact) mass is 614 g/mol. The largest absolute Gasteiger partial charge is 0.456 e. The predicted molar refractivity (Wildman–Crippen MR) is 196 cm³/mol. The summed E-state index contributed by atoms with van der Waals surface area (Å²) in [6.07, 6.45) is 0. The van der Waals surface area contributed by atoms with Crippen LogP contribution in [0.25, 0.3) is 99.7 Å². The van der Waals surface area contributed by atoms with Crippen LogP contribution >= 0.6 is 0 Å². The first-order valence-corrected chi connectivity index (χ1v) is 16.1. The summed E-state index contributed by atoms with van der Waals surface area (Å²) in [4.78, 5) is 10.5. The van der Waals surface area contributed by atoms with Gasteiger partial charge in [0.25, 0.3) is 0 Å². The van der Waals surface area contributed by atoms with Crippen molar-refractivity contribution in [3.63, 3.8) is 0 Å². The van der Waals surface area contributed by atoms with Crippen LogP contribution in [0.15, 0.2) is 167 Å². The molecular weight excluding hydrogens is 588 g/mol. The second kappa shape index (κ2) is 10.5. The van der Waals surface area contributed by atoms with Gasteiger partial charge in [-0.2, -0.15) is 0 Å². The van der Waals surface area contributed by atoms with E-state index < -0.39 is 0 Å². The third-order valence-electron chi connectivity index (χ3n) is 9.33. The summed E-state index contributed by atoms with van der Waals surface area (Å²) in [5.41, 5.74) is 10.0. The van der Waals surface area contributed by atoms with Crippen LogP contribution in [0.3, 0.4) is 0 Å². The molecule has 0 saturated carbocycles.